The topological polar surface area (TPSA) is 71.3 Å². The minimum atomic E-state index is -0.202. The molecule has 7 heteroatoms. The molecule has 7 nitrogen and oxygen atoms in total. The van der Waals surface area contributed by atoms with Gasteiger partial charge in [-0.15, -0.1) is 10.2 Å². The number of carbonyl (C=O) groups excluding carboxylic acids is 2. The first-order valence-corrected chi connectivity index (χ1v) is 8.55. The molecule has 23 heavy (non-hydrogen) atoms. The quantitative estimate of drug-likeness (QED) is 0.790. The fraction of sp³-hybridized carbons (Fsp3) is 0.750. The van der Waals surface area contributed by atoms with E-state index < -0.39 is 0 Å². The van der Waals surface area contributed by atoms with Crippen LogP contribution in [0.4, 0.5) is 0 Å². The van der Waals surface area contributed by atoms with Gasteiger partial charge in [0.25, 0.3) is 0 Å². The van der Waals surface area contributed by atoms with Gasteiger partial charge < -0.3 is 14.4 Å². The van der Waals surface area contributed by atoms with E-state index in [-0.39, 0.29) is 17.7 Å². The Kier molecular flexibility index (Phi) is 3.58. The van der Waals surface area contributed by atoms with Gasteiger partial charge in [0.15, 0.2) is 5.82 Å². The minimum Gasteiger partial charge on any atom is -0.342 e. The third-order valence-corrected chi connectivity index (χ3v) is 5.18. The van der Waals surface area contributed by atoms with Gasteiger partial charge in [-0.05, 0) is 25.2 Å². The monoisotopic (exact) mass is 317 g/mol. The third kappa shape index (κ3) is 2.84. The molecule has 1 saturated carbocycles. The van der Waals surface area contributed by atoms with E-state index in [1.807, 2.05) is 4.90 Å². The molecule has 3 heterocycles. The summed E-state index contributed by atoms with van der Waals surface area (Å²) in [5.74, 6) is 2.52. The van der Waals surface area contributed by atoms with E-state index in [0.717, 1.165) is 37.6 Å². The Hall–Kier alpha value is -1.92. The molecular formula is C16H23N5O2. The van der Waals surface area contributed by atoms with E-state index in [9.17, 15) is 9.59 Å². The summed E-state index contributed by atoms with van der Waals surface area (Å²) in [5, 5.41) is 8.39. The maximum absolute atomic E-state index is 12.7. The predicted molar refractivity (Wildman–Crippen MR) is 82.2 cm³/mol. The lowest BCUT2D eigenvalue weighted by molar-refractivity contribution is -0.135. The minimum absolute atomic E-state index is 0.0481. The van der Waals surface area contributed by atoms with E-state index in [1.54, 1.807) is 11.9 Å². The van der Waals surface area contributed by atoms with Crippen LogP contribution < -0.4 is 0 Å². The molecular weight excluding hydrogens is 294 g/mol. The molecule has 4 rings (SSSR count). The van der Waals surface area contributed by atoms with Crippen LogP contribution in [-0.2, 0) is 29.1 Å². The van der Waals surface area contributed by atoms with Crippen LogP contribution in [0.5, 0.6) is 0 Å². The zero-order valence-electron chi connectivity index (χ0n) is 13.6. The van der Waals surface area contributed by atoms with Gasteiger partial charge in [0.05, 0.1) is 12.5 Å². The number of likely N-dealkylation sites (tertiary alicyclic amines) is 1. The molecule has 0 N–H and O–H groups in total. The number of nitrogens with zero attached hydrogens (tertiary/aromatic N) is 5. The van der Waals surface area contributed by atoms with Crippen molar-refractivity contribution in [2.24, 2.45) is 11.8 Å². The van der Waals surface area contributed by atoms with Crippen molar-refractivity contribution in [1.29, 1.82) is 0 Å². The lowest BCUT2D eigenvalue weighted by atomic mass is 10.1. The molecule has 0 aromatic carbocycles. The van der Waals surface area contributed by atoms with Crippen LogP contribution >= 0.6 is 0 Å². The zero-order chi connectivity index (χ0) is 16.0. The van der Waals surface area contributed by atoms with Crippen molar-refractivity contribution in [1.82, 2.24) is 24.6 Å². The summed E-state index contributed by atoms with van der Waals surface area (Å²) in [6.45, 7) is 2.83. The second-order valence-electron chi connectivity index (χ2n) is 7.13. The van der Waals surface area contributed by atoms with Gasteiger partial charge >= 0.3 is 0 Å². The highest BCUT2D eigenvalue weighted by atomic mass is 16.2. The first kappa shape index (κ1) is 14.7. The number of rotatable bonds is 5. The van der Waals surface area contributed by atoms with E-state index in [0.29, 0.717) is 25.4 Å². The summed E-state index contributed by atoms with van der Waals surface area (Å²) >= 11 is 0. The molecule has 1 aromatic heterocycles. The Morgan fingerprint density at radius 1 is 1.35 bits per heavy atom. The van der Waals surface area contributed by atoms with Crippen molar-refractivity contribution in [3.63, 3.8) is 0 Å². The maximum Gasteiger partial charge on any atom is 0.228 e. The van der Waals surface area contributed by atoms with Gasteiger partial charge in [-0.3, -0.25) is 9.59 Å². The second kappa shape index (κ2) is 5.62. The molecule has 1 atom stereocenters. The van der Waals surface area contributed by atoms with Gasteiger partial charge in [0.2, 0.25) is 11.8 Å². The van der Waals surface area contributed by atoms with E-state index in [2.05, 4.69) is 14.8 Å². The molecule has 0 bridgehead atoms. The number of aryl methyl sites for hydroxylation is 1. The number of hydrogen-bond donors (Lipinski definition) is 0. The number of hydrogen-bond acceptors (Lipinski definition) is 4. The molecule has 1 aliphatic carbocycles. The third-order valence-electron chi connectivity index (χ3n) is 5.18. The fourth-order valence-electron chi connectivity index (χ4n) is 3.66. The van der Waals surface area contributed by atoms with Crippen LogP contribution in [0.3, 0.4) is 0 Å². The van der Waals surface area contributed by atoms with Crippen LogP contribution in [0.15, 0.2) is 0 Å². The summed E-state index contributed by atoms with van der Waals surface area (Å²) in [6, 6.07) is 0. The highest BCUT2D eigenvalue weighted by Gasteiger charge is 2.38. The summed E-state index contributed by atoms with van der Waals surface area (Å²) in [7, 11) is 1.80. The number of carbonyl (C=O) groups is 2. The first-order chi connectivity index (χ1) is 11.1. The lowest BCUT2D eigenvalue weighted by Gasteiger charge is -2.21. The van der Waals surface area contributed by atoms with Gasteiger partial charge in [-0.2, -0.15) is 0 Å². The molecule has 2 fully saturated rings. The largest absolute Gasteiger partial charge is 0.342 e. The predicted octanol–water partition coefficient (Wildman–Crippen LogP) is 0.441. The Morgan fingerprint density at radius 3 is 2.96 bits per heavy atom. The number of aromatic nitrogens is 3. The van der Waals surface area contributed by atoms with E-state index in [1.165, 1.54) is 12.8 Å². The summed E-state index contributed by atoms with van der Waals surface area (Å²) < 4.78 is 2.11. The number of amides is 2. The normalized spacial score (nSPS) is 23.4. The maximum atomic E-state index is 12.7. The molecule has 2 aliphatic heterocycles. The smallest absolute Gasteiger partial charge is 0.228 e. The lowest BCUT2D eigenvalue weighted by Crippen LogP contribution is -2.35. The summed E-state index contributed by atoms with van der Waals surface area (Å²) in [4.78, 5) is 28.3. The van der Waals surface area contributed by atoms with Crippen LogP contribution in [0.25, 0.3) is 0 Å². The van der Waals surface area contributed by atoms with Crippen molar-refractivity contribution in [3.8, 4) is 0 Å². The van der Waals surface area contributed by atoms with Crippen molar-refractivity contribution in [2.45, 2.75) is 45.2 Å². The van der Waals surface area contributed by atoms with Gasteiger partial charge in [-0.25, -0.2) is 0 Å². The van der Waals surface area contributed by atoms with Crippen LogP contribution in [-0.4, -0.2) is 56.5 Å². The Labute approximate surface area is 135 Å². The van der Waals surface area contributed by atoms with Crippen LogP contribution in [0, 0.1) is 11.8 Å². The highest BCUT2D eigenvalue weighted by Crippen LogP contribution is 2.32. The molecule has 124 valence electrons. The standard InChI is InChI=1S/C16H23N5O2/c1-19(10-14-18-17-13-3-2-6-21(13)14)16(23)12-7-15(22)20(9-12)8-11-4-5-11/h11-12H,2-10H2,1H3. The average Bonchev–Trinajstić information content (AvgIpc) is 2.93. The zero-order valence-corrected chi connectivity index (χ0v) is 13.6. The molecule has 0 spiro atoms. The van der Waals surface area contributed by atoms with E-state index >= 15 is 0 Å². The molecule has 1 aromatic rings. The molecule has 0 radical (unpaired) electrons. The van der Waals surface area contributed by atoms with Gasteiger partial charge in [-0.1, -0.05) is 0 Å². The summed E-state index contributed by atoms with van der Waals surface area (Å²) in [6.07, 6.45) is 4.87. The molecule has 1 saturated heterocycles. The Morgan fingerprint density at radius 2 is 2.17 bits per heavy atom. The average molecular weight is 317 g/mol. The van der Waals surface area contributed by atoms with Crippen molar-refractivity contribution in [3.05, 3.63) is 11.6 Å². The second-order valence-corrected chi connectivity index (χ2v) is 7.13. The van der Waals surface area contributed by atoms with Crippen molar-refractivity contribution >= 4 is 11.8 Å². The Balaban J connectivity index is 1.37. The molecule has 1 unspecified atom stereocenters. The first-order valence-electron chi connectivity index (χ1n) is 8.55. The Bertz CT molecular complexity index is 636. The fourth-order valence-corrected chi connectivity index (χ4v) is 3.66. The number of fused-ring (bicyclic) bond motifs is 1. The van der Waals surface area contributed by atoms with E-state index in [4.69, 9.17) is 0 Å². The van der Waals surface area contributed by atoms with Crippen molar-refractivity contribution in [2.75, 3.05) is 20.1 Å². The van der Waals surface area contributed by atoms with Crippen LogP contribution in [0.2, 0.25) is 0 Å². The van der Waals surface area contributed by atoms with Gasteiger partial charge in [0, 0.05) is 39.5 Å². The van der Waals surface area contributed by atoms with Crippen LogP contribution in [0.1, 0.15) is 37.3 Å². The SMILES string of the molecule is CN(Cc1nnc2n1CCC2)C(=O)C1CC(=O)N(CC2CC2)C1. The van der Waals surface area contributed by atoms with Crippen molar-refractivity contribution < 1.29 is 9.59 Å². The molecule has 3 aliphatic rings. The highest BCUT2D eigenvalue weighted by molar-refractivity contribution is 5.89. The molecule has 2 amide bonds. The summed E-state index contributed by atoms with van der Waals surface area (Å²) in [5.41, 5.74) is 0. The van der Waals surface area contributed by atoms with Gasteiger partial charge in [0.1, 0.15) is 5.82 Å².